The number of likely N-dealkylation sites (tertiary alicyclic amines) is 2. The summed E-state index contributed by atoms with van der Waals surface area (Å²) in [6.07, 6.45) is 5.49. The number of nitrogens with zero attached hydrogens (tertiary/aromatic N) is 2. The molecule has 3 heterocycles. The number of rotatable bonds is 2. The molecule has 7 nitrogen and oxygen atoms in total. The molecule has 156 valence electrons. The summed E-state index contributed by atoms with van der Waals surface area (Å²) in [7, 11) is 0. The number of amides is 3. The molecule has 3 amide bonds. The molecule has 1 spiro atoms. The van der Waals surface area contributed by atoms with Crippen LogP contribution in [0.15, 0.2) is 18.2 Å². The highest BCUT2D eigenvalue weighted by molar-refractivity contribution is 5.98. The van der Waals surface area contributed by atoms with Crippen LogP contribution in [0.25, 0.3) is 0 Å². The molecule has 0 saturated carbocycles. The Morgan fingerprint density at radius 1 is 1.10 bits per heavy atom. The van der Waals surface area contributed by atoms with Gasteiger partial charge in [-0.15, -0.1) is 0 Å². The molecule has 1 aromatic carbocycles. The van der Waals surface area contributed by atoms with Crippen LogP contribution < -0.4 is 10.1 Å². The summed E-state index contributed by atoms with van der Waals surface area (Å²) in [5.41, 5.74) is 0.627. The Labute approximate surface area is 171 Å². The first kappa shape index (κ1) is 19.7. The molecular formula is C22H29N3O4. The van der Waals surface area contributed by atoms with Crippen LogP contribution in [0.5, 0.6) is 5.75 Å². The Bertz CT molecular complexity index is 816. The molecule has 2 fully saturated rings. The monoisotopic (exact) mass is 399 g/mol. The number of nitrogens with one attached hydrogen (secondary N) is 1. The maximum Gasteiger partial charge on any atom is 0.258 e. The number of carbonyl (C=O) groups excluding carboxylic acids is 3. The summed E-state index contributed by atoms with van der Waals surface area (Å²) < 4.78 is 6.19. The van der Waals surface area contributed by atoms with Crippen molar-refractivity contribution >= 4 is 17.7 Å². The predicted molar refractivity (Wildman–Crippen MR) is 107 cm³/mol. The molecule has 2 saturated heterocycles. The van der Waals surface area contributed by atoms with Gasteiger partial charge in [0.1, 0.15) is 5.75 Å². The summed E-state index contributed by atoms with van der Waals surface area (Å²) in [5, 5.41) is 2.99. The van der Waals surface area contributed by atoms with E-state index in [0.29, 0.717) is 30.7 Å². The van der Waals surface area contributed by atoms with Gasteiger partial charge in [0.05, 0.1) is 12.1 Å². The second-order valence-corrected chi connectivity index (χ2v) is 8.41. The molecule has 1 aromatic rings. The Hall–Kier alpha value is -2.57. The van der Waals surface area contributed by atoms with Crippen LogP contribution in [-0.2, 0) is 9.59 Å². The highest BCUT2D eigenvalue weighted by Gasteiger charge is 2.43. The lowest BCUT2D eigenvalue weighted by atomic mass is 9.99. The number of ether oxygens (including phenoxy) is 1. The smallest absolute Gasteiger partial charge is 0.258 e. The zero-order valence-corrected chi connectivity index (χ0v) is 17.0. The van der Waals surface area contributed by atoms with Gasteiger partial charge in [0.25, 0.3) is 5.91 Å². The maximum absolute atomic E-state index is 12.7. The van der Waals surface area contributed by atoms with Gasteiger partial charge >= 0.3 is 0 Å². The fourth-order valence-corrected chi connectivity index (χ4v) is 4.43. The Morgan fingerprint density at radius 3 is 2.62 bits per heavy atom. The van der Waals surface area contributed by atoms with Crippen molar-refractivity contribution in [2.24, 2.45) is 0 Å². The lowest BCUT2D eigenvalue weighted by Crippen LogP contribution is -2.56. The Morgan fingerprint density at radius 2 is 1.86 bits per heavy atom. The van der Waals surface area contributed by atoms with Crippen molar-refractivity contribution in [3.05, 3.63) is 29.3 Å². The fourth-order valence-electron chi connectivity index (χ4n) is 4.43. The molecule has 1 unspecified atom stereocenters. The minimum Gasteiger partial charge on any atom is -0.467 e. The van der Waals surface area contributed by atoms with Crippen molar-refractivity contribution < 1.29 is 19.1 Å². The van der Waals surface area contributed by atoms with E-state index in [2.05, 4.69) is 5.32 Å². The molecule has 0 bridgehead atoms. The lowest BCUT2D eigenvalue weighted by molar-refractivity contribution is -0.140. The average molecular weight is 399 g/mol. The summed E-state index contributed by atoms with van der Waals surface area (Å²) in [4.78, 5) is 41.6. The largest absolute Gasteiger partial charge is 0.467 e. The van der Waals surface area contributed by atoms with Crippen LogP contribution >= 0.6 is 0 Å². The van der Waals surface area contributed by atoms with E-state index in [9.17, 15) is 14.4 Å². The van der Waals surface area contributed by atoms with Crippen molar-refractivity contribution in [1.82, 2.24) is 15.1 Å². The Balaban J connectivity index is 1.44. The zero-order chi connectivity index (χ0) is 20.4. The van der Waals surface area contributed by atoms with Gasteiger partial charge in [0.2, 0.25) is 11.8 Å². The number of carbonyl (C=O) groups is 3. The number of fused-ring (bicyclic) bond motifs is 1. The van der Waals surface area contributed by atoms with Gasteiger partial charge in [0.15, 0.2) is 5.72 Å². The average Bonchev–Trinajstić information content (AvgIpc) is 3.05. The van der Waals surface area contributed by atoms with Crippen molar-refractivity contribution in [3.8, 4) is 5.75 Å². The van der Waals surface area contributed by atoms with E-state index < -0.39 is 5.72 Å². The minimum absolute atomic E-state index is 0.0191. The van der Waals surface area contributed by atoms with Crippen LogP contribution in [0.1, 0.15) is 60.9 Å². The van der Waals surface area contributed by atoms with E-state index in [1.54, 1.807) is 4.90 Å². The van der Waals surface area contributed by atoms with Gasteiger partial charge < -0.3 is 19.9 Å². The third kappa shape index (κ3) is 4.23. The second kappa shape index (κ2) is 8.05. The van der Waals surface area contributed by atoms with Crippen molar-refractivity contribution in [2.75, 3.05) is 26.2 Å². The first-order chi connectivity index (χ1) is 14.0. The molecular weight excluding hydrogens is 370 g/mol. The molecule has 1 atom stereocenters. The third-order valence-corrected chi connectivity index (χ3v) is 6.19. The van der Waals surface area contributed by atoms with Gasteiger partial charge in [-0.1, -0.05) is 24.5 Å². The van der Waals surface area contributed by atoms with Crippen molar-refractivity contribution in [1.29, 1.82) is 0 Å². The molecule has 0 aromatic heterocycles. The predicted octanol–water partition coefficient (Wildman–Crippen LogP) is 2.23. The highest BCUT2D eigenvalue weighted by atomic mass is 16.5. The lowest BCUT2D eigenvalue weighted by Gasteiger charge is -2.38. The molecule has 4 rings (SSSR count). The molecule has 7 heteroatoms. The quantitative estimate of drug-likeness (QED) is 0.827. The van der Waals surface area contributed by atoms with Gasteiger partial charge in [-0.3, -0.25) is 14.4 Å². The van der Waals surface area contributed by atoms with Crippen LogP contribution in [0.2, 0.25) is 0 Å². The first-order valence-electron chi connectivity index (χ1n) is 10.6. The molecule has 3 aliphatic rings. The van der Waals surface area contributed by atoms with Crippen LogP contribution in [0.4, 0.5) is 0 Å². The van der Waals surface area contributed by atoms with Gasteiger partial charge in [-0.25, -0.2) is 0 Å². The number of aryl methyl sites for hydroxylation is 1. The van der Waals surface area contributed by atoms with Gasteiger partial charge in [0, 0.05) is 38.9 Å². The van der Waals surface area contributed by atoms with E-state index in [1.165, 1.54) is 0 Å². The zero-order valence-electron chi connectivity index (χ0n) is 17.0. The number of hydrogen-bond acceptors (Lipinski definition) is 4. The van der Waals surface area contributed by atoms with Crippen LogP contribution in [-0.4, -0.2) is 59.4 Å². The van der Waals surface area contributed by atoms with Crippen molar-refractivity contribution in [2.45, 2.75) is 57.6 Å². The standard InChI is InChI=1S/C22H29N3O4/c1-16-6-7-18-17(14-16)21(28)23-22(29-18)9-8-19(26)25(13-10-22)15-20(27)24-11-4-2-3-5-12-24/h6-7,14H,2-5,8-13,15H2,1H3,(H,23,28). The third-order valence-electron chi connectivity index (χ3n) is 6.19. The van der Waals surface area contributed by atoms with E-state index in [4.69, 9.17) is 4.74 Å². The summed E-state index contributed by atoms with van der Waals surface area (Å²) in [6.45, 7) is 3.99. The van der Waals surface area contributed by atoms with Crippen LogP contribution in [0.3, 0.4) is 0 Å². The normalized spacial score (nSPS) is 25.0. The fraction of sp³-hybridized carbons (Fsp3) is 0.591. The molecule has 29 heavy (non-hydrogen) atoms. The van der Waals surface area contributed by atoms with Gasteiger partial charge in [-0.05, 0) is 31.9 Å². The minimum atomic E-state index is -0.893. The summed E-state index contributed by atoms with van der Waals surface area (Å²) in [5.74, 6) is 0.348. The summed E-state index contributed by atoms with van der Waals surface area (Å²) >= 11 is 0. The number of hydrogen-bond donors (Lipinski definition) is 1. The SMILES string of the molecule is Cc1ccc2c(c1)C(=O)NC1(CCC(=O)N(CC(=O)N3CCCCCC3)CC1)O2. The molecule has 0 aliphatic carbocycles. The topological polar surface area (TPSA) is 79.0 Å². The van der Waals surface area contributed by atoms with Gasteiger partial charge in [-0.2, -0.15) is 0 Å². The highest BCUT2D eigenvalue weighted by Crippen LogP contribution is 2.34. The van der Waals surface area contributed by atoms with E-state index in [1.807, 2.05) is 30.0 Å². The first-order valence-corrected chi connectivity index (χ1v) is 10.6. The van der Waals surface area contributed by atoms with Crippen molar-refractivity contribution in [3.63, 3.8) is 0 Å². The Kier molecular flexibility index (Phi) is 5.48. The maximum atomic E-state index is 12.7. The van der Waals surface area contributed by atoms with E-state index in [-0.39, 0.29) is 30.7 Å². The second-order valence-electron chi connectivity index (χ2n) is 8.41. The van der Waals surface area contributed by atoms with E-state index in [0.717, 1.165) is 44.3 Å². The molecule has 1 N–H and O–H groups in total. The number of benzene rings is 1. The molecule has 0 radical (unpaired) electrons. The molecule has 3 aliphatic heterocycles. The van der Waals surface area contributed by atoms with Crippen LogP contribution in [0, 0.1) is 6.92 Å². The van der Waals surface area contributed by atoms with E-state index >= 15 is 0 Å². The summed E-state index contributed by atoms with van der Waals surface area (Å²) in [6, 6.07) is 5.54.